The number of aromatic nitrogens is 3. The third-order valence-electron chi connectivity index (χ3n) is 2.55. The Morgan fingerprint density at radius 1 is 1.54 bits per heavy atom. The number of rotatable bonds is 4. The third kappa shape index (κ3) is 1.72. The van der Waals surface area contributed by atoms with E-state index in [-0.39, 0.29) is 5.60 Å². The van der Waals surface area contributed by atoms with Crippen molar-refractivity contribution in [3.05, 3.63) is 12.2 Å². The van der Waals surface area contributed by atoms with Crippen LogP contribution in [0.5, 0.6) is 0 Å². The highest BCUT2D eigenvalue weighted by Crippen LogP contribution is 2.25. The maximum atomic E-state index is 5.45. The Balaban J connectivity index is 3.03. The molecule has 0 fully saturated rings. The molecule has 1 aromatic rings. The van der Waals surface area contributed by atoms with E-state index in [0.29, 0.717) is 0 Å². The summed E-state index contributed by atoms with van der Waals surface area (Å²) < 4.78 is 7.46. The Hall–Kier alpha value is -0.900. The highest BCUT2D eigenvalue weighted by molar-refractivity contribution is 4.99. The summed E-state index contributed by atoms with van der Waals surface area (Å²) in [5.74, 6) is 0.903. The summed E-state index contributed by atoms with van der Waals surface area (Å²) in [6.45, 7) is 7.06. The van der Waals surface area contributed by atoms with Crippen LogP contribution in [0, 0.1) is 0 Å². The maximum Gasteiger partial charge on any atom is 0.164 e. The Morgan fingerprint density at radius 2 is 2.23 bits per heavy atom. The Morgan fingerprint density at radius 3 is 2.69 bits per heavy atom. The van der Waals surface area contributed by atoms with Crippen molar-refractivity contribution in [1.29, 1.82) is 0 Å². The van der Waals surface area contributed by atoms with E-state index in [9.17, 15) is 0 Å². The lowest BCUT2D eigenvalue weighted by Gasteiger charge is -2.25. The van der Waals surface area contributed by atoms with Crippen molar-refractivity contribution in [3.8, 4) is 0 Å². The minimum absolute atomic E-state index is 0.313. The molecule has 1 unspecified atom stereocenters. The second-order valence-corrected chi connectivity index (χ2v) is 3.23. The van der Waals surface area contributed by atoms with Gasteiger partial charge in [0.25, 0.3) is 0 Å². The lowest BCUT2D eigenvalue weighted by molar-refractivity contribution is -0.0119. The first-order valence-corrected chi connectivity index (χ1v) is 4.61. The van der Waals surface area contributed by atoms with E-state index in [4.69, 9.17) is 4.74 Å². The van der Waals surface area contributed by atoms with Gasteiger partial charge in [-0.25, -0.2) is 0 Å². The SMILES string of the molecule is CCn1cnnc1C(C)(CC)OC. The molecule has 0 aliphatic rings. The molecule has 0 radical (unpaired) electrons. The molecule has 4 nitrogen and oxygen atoms in total. The molecule has 1 heterocycles. The molecule has 13 heavy (non-hydrogen) atoms. The normalized spacial score (nSPS) is 15.7. The summed E-state index contributed by atoms with van der Waals surface area (Å²) in [7, 11) is 1.71. The van der Waals surface area contributed by atoms with Gasteiger partial charge in [-0.2, -0.15) is 0 Å². The summed E-state index contributed by atoms with van der Waals surface area (Å²) in [5.41, 5.74) is -0.313. The first kappa shape index (κ1) is 10.2. The van der Waals surface area contributed by atoms with Crippen molar-refractivity contribution in [2.45, 2.75) is 39.3 Å². The van der Waals surface area contributed by atoms with E-state index in [1.165, 1.54) is 0 Å². The molecule has 0 aliphatic heterocycles. The van der Waals surface area contributed by atoms with Crippen molar-refractivity contribution in [3.63, 3.8) is 0 Å². The van der Waals surface area contributed by atoms with Crippen LogP contribution in [-0.2, 0) is 16.9 Å². The molecule has 4 heteroatoms. The Bertz CT molecular complexity index is 266. The van der Waals surface area contributed by atoms with Crippen LogP contribution in [0.4, 0.5) is 0 Å². The molecule has 1 aromatic heterocycles. The molecule has 0 saturated heterocycles. The molecule has 0 amide bonds. The van der Waals surface area contributed by atoms with Crippen LogP contribution in [0.15, 0.2) is 6.33 Å². The van der Waals surface area contributed by atoms with Gasteiger partial charge < -0.3 is 9.30 Å². The number of nitrogens with zero attached hydrogens (tertiary/aromatic N) is 3. The summed E-state index contributed by atoms with van der Waals surface area (Å²) in [6.07, 6.45) is 2.63. The summed E-state index contributed by atoms with van der Waals surface area (Å²) in [4.78, 5) is 0. The molecule has 0 bridgehead atoms. The molecule has 0 spiro atoms. The van der Waals surface area contributed by atoms with Gasteiger partial charge in [0.2, 0.25) is 0 Å². The molecule has 1 atom stereocenters. The topological polar surface area (TPSA) is 39.9 Å². The van der Waals surface area contributed by atoms with Crippen LogP contribution in [-0.4, -0.2) is 21.9 Å². The van der Waals surface area contributed by atoms with Gasteiger partial charge in [-0.3, -0.25) is 0 Å². The molecule has 0 aliphatic carbocycles. The number of methoxy groups -OCH3 is 1. The molecule has 0 saturated carbocycles. The average molecular weight is 183 g/mol. The quantitative estimate of drug-likeness (QED) is 0.711. The molecule has 0 N–H and O–H groups in total. The minimum atomic E-state index is -0.313. The monoisotopic (exact) mass is 183 g/mol. The van der Waals surface area contributed by atoms with Crippen LogP contribution in [0.25, 0.3) is 0 Å². The van der Waals surface area contributed by atoms with E-state index in [1.807, 2.05) is 11.5 Å². The van der Waals surface area contributed by atoms with E-state index in [1.54, 1.807) is 13.4 Å². The van der Waals surface area contributed by atoms with Crippen molar-refractivity contribution >= 4 is 0 Å². The standard InChI is InChI=1S/C9H17N3O/c1-5-9(3,13-4)8-11-10-7-12(8)6-2/h7H,5-6H2,1-4H3. The number of hydrogen-bond acceptors (Lipinski definition) is 3. The summed E-state index contributed by atoms with van der Waals surface area (Å²) in [6, 6.07) is 0. The van der Waals surface area contributed by atoms with Crippen LogP contribution in [0.2, 0.25) is 0 Å². The Kier molecular flexibility index (Phi) is 3.03. The zero-order chi connectivity index (χ0) is 9.90. The zero-order valence-electron chi connectivity index (χ0n) is 8.74. The van der Waals surface area contributed by atoms with Crippen LogP contribution in [0.3, 0.4) is 0 Å². The molecule has 1 rings (SSSR count). The number of hydrogen-bond donors (Lipinski definition) is 0. The second-order valence-electron chi connectivity index (χ2n) is 3.23. The maximum absolute atomic E-state index is 5.45. The van der Waals surface area contributed by atoms with Gasteiger partial charge in [0, 0.05) is 13.7 Å². The van der Waals surface area contributed by atoms with Gasteiger partial charge in [-0.05, 0) is 20.3 Å². The number of ether oxygens (including phenoxy) is 1. The predicted octanol–water partition coefficient (Wildman–Crippen LogP) is 1.57. The van der Waals surface area contributed by atoms with Crippen molar-refractivity contribution in [1.82, 2.24) is 14.8 Å². The lowest BCUT2D eigenvalue weighted by atomic mass is 10.0. The lowest BCUT2D eigenvalue weighted by Crippen LogP contribution is -2.27. The van der Waals surface area contributed by atoms with E-state index in [2.05, 4.69) is 24.0 Å². The van der Waals surface area contributed by atoms with Crippen molar-refractivity contribution < 1.29 is 4.74 Å². The highest BCUT2D eigenvalue weighted by atomic mass is 16.5. The number of aryl methyl sites for hydroxylation is 1. The minimum Gasteiger partial charge on any atom is -0.371 e. The zero-order valence-corrected chi connectivity index (χ0v) is 8.74. The fraction of sp³-hybridized carbons (Fsp3) is 0.778. The van der Waals surface area contributed by atoms with Crippen LogP contribution < -0.4 is 0 Å². The Labute approximate surface area is 78.9 Å². The average Bonchev–Trinajstić information content (AvgIpc) is 2.65. The molecular weight excluding hydrogens is 166 g/mol. The first-order valence-electron chi connectivity index (χ1n) is 4.61. The largest absolute Gasteiger partial charge is 0.371 e. The predicted molar refractivity (Wildman–Crippen MR) is 50.3 cm³/mol. The summed E-state index contributed by atoms with van der Waals surface area (Å²) in [5, 5.41) is 7.98. The van der Waals surface area contributed by atoms with Gasteiger partial charge in [0.1, 0.15) is 11.9 Å². The fourth-order valence-electron chi connectivity index (χ4n) is 1.29. The second kappa shape index (κ2) is 3.87. The van der Waals surface area contributed by atoms with Gasteiger partial charge in [-0.1, -0.05) is 6.92 Å². The molecule has 0 aromatic carbocycles. The highest BCUT2D eigenvalue weighted by Gasteiger charge is 2.29. The van der Waals surface area contributed by atoms with Crippen molar-refractivity contribution in [2.24, 2.45) is 0 Å². The molecule has 74 valence electrons. The van der Waals surface area contributed by atoms with Crippen molar-refractivity contribution in [2.75, 3.05) is 7.11 Å². The van der Waals surface area contributed by atoms with Gasteiger partial charge in [0.15, 0.2) is 5.82 Å². The van der Waals surface area contributed by atoms with E-state index < -0.39 is 0 Å². The van der Waals surface area contributed by atoms with Gasteiger partial charge in [-0.15, -0.1) is 10.2 Å². The van der Waals surface area contributed by atoms with E-state index in [0.717, 1.165) is 18.8 Å². The van der Waals surface area contributed by atoms with E-state index >= 15 is 0 Å². The van der Waals surface area contributed by atoms with Gasteiger partial charge >= 0.3 is 0 Å². The fourth-order valence-corrected chi connectivity index (χ4v) is 1.29. The third-order valence-corrected chi connectivity index (χ3v) is 2.55. The van der Waals surface area contributed by atoms with Gasteiger partial charge in [0.05, 0.1) is 0 Å². The van der Waals surface area contributed by atoms with Crippen LogP contribution in [0.1, 0.15) is 33.0 Å². The first-order chi connectivity index (χ1) is 6.18. The van der Waals surface area contributed by atoms with Crippen LogP contribution >= 0.6 is 0 Å². The molecular formula is C9H17N3O. The summed E-state index contributed by atoms with van der Waals surface area (Å²) >= 11 is 0. The smallest absolute Gasteiger partial charge is 0.164 e.